The van der Waals surface area contributed by atoms with Crippen molar-refractivity contribution in [2.75, 3.05) is 11.1 Å². The van der Waals surface area contributed by atoms with Crippen LogP contribution < -0.4 is 5.32 Å². The fourth-order valence-corrected chi connectivity index (χ4v) is 2.67. The Morgan fingerprint density at radius 3 is 2.52 bits per heavy atom. The molecule has 1 amide bonds. The Morgan fingerprint density at radius 1 is 1.14 bits per heavy atom. The molecule has 0 fully saturated rings. The number of amides is 1. The molecule has 0 unspecified atom stereocenters. The summed E-state index contributed by atoms with van der Waals surface area (Å²) in [5.41, 5.74) is 1.32. The quantitative estimate of drug-likeness (QED) is 0.801. The fourth-order valence-electron chi connectivity index (χ4n) is 1.65. The van der Waals surface area contributed by atoms with Crippen molar-refractivity contribution in [2.24, 2.45) is 0 Å². The van der Waals surface area contributed by atoms with E-state index in [0.717, 1.165) is 15.1 Å². The molecule has 0 saturated heterocycles. The number of thioether (sulfide) groups is 1. The van der Waals surface area contributed by atoms with Gasteiger partial charge in [-0.2, -0.15) is 0 Å². The normalized spacial score (nSPS) is 10.2. The highest BCUT2D eigenvalue weighted by Crippen LogP contribution is 2.20. The molecule has 0 aliphatic heterocycles. The molecule has 0 saturated carbocycles. The molecule has 0 radical (unpaired) electrons. The third-order valence-corrected chi connectivity index (χ3v) is 4.31. The van der Waals surface area contributed by atoms with Gasteiger partial charge >= 0.3 is 0 Å². The Hall–Kier alpha value is -1.59. The number of hydrogen-bond acceptors (Lipinski definition) is 3. The van der Waals surface area contributed by atoms with Gasteiger partial charge in [0.25, 0.3) is 5.91 Å². The van der Waals surface area contributed by atoms with E-state index in [0.29, 0.717) is 11.3 Å². The fraction of sp³-hybridized carbons (Fsp3) is 0.125. The van der Waals surface area contributed by atoms with Gasteiger partial charge in [0.05, 0.1) is 5.75 Å². The van der Waals surface area contributed by atoms with Crippen LogP contribution in [0.2, 0.25) is 0 Å². The maximum Gasteiger partial charge on any atom is 0.255 e. The van der Waals surface area contributed by atoms with Gasteiger partial charge in [0.15, 0.2) is 0 Å². The van der Waals surface area contributed by atoms with Gasteiger partial charge in [0.1, 0.15) is 5.78 Å². The van der Waals surface area contributed by atoms with Crippen molar-refractivity contribution < 1.29 is 9.59 Å². The molecule has 0 aromatic heterocycles. The van der Waals surface area contributed by atoms with Crippen LogP contribution in [0.1, 0.15) is 17.3 Å². The smallest absolute Gasteiger partial charge is 0.255 e. The van der Waals surface area contributed by atoms with E-state index in [1.165, 1.54) is 11.8 Å². The largest absolute Gasteiger partial charge is 0.322 e. The molecule has 0 spiro atoms. The topological polar surface area (TPSA) is 46.2 Å². The predicted octanol–water partition coefficient (Wildman–Crippen LogP) is 4.38. The lowest BCUT2D eigenvalue weighted by atomic mass is 10.2. The molecular weight excluding hydrogens is 350 g/mol. The number of Topliss-reactive ketones (excluding diaryl/α,β-unsaturated/α-hetero) is 1. The number of carbonyl (C=O) groups excluding carboxylic acids is 2. The molecule has 108 valence electrons. The first-order valence-electron chi connectivity index (χ1n) is 6.34. The zero-order valence-corrected chi connectivity index (χ0v) is 13.8. The molecule has 0 atom stereocenters. The van der Waals surface area contributed by atoms with Crippen LogP contribution >= 0.6 is 27.7 Å². The van der Waals surface area contributed by atoms with E-state index in [1.807, 2.05) is 36.4 Å². The number of anilines is 1. The number of halogens is 1. The van der Waals surface area contributed by atoms with Crippen molar-refractivity contribution in [2.45, 2.75) is 11.8 Å². The van der Waals surface area contributed by atoms with Crippen LogP contribution in [0, 0.1) is 0 Å². The Balaban J connectivity index is 2.06. The third-order valence-electron chi connectivity index (χ3n) is 2.64. The number of benzene rings is 2. The zero-order chi connectivity index (χ0) is 15.2. The molecule has 2 rings (SSSR count). The Kier molecular flexibility index (Phi) is 5.59. The summed E-state index contributed by atoms with van der Waals surface area (Å²) < 4.78 is 0.961. The van der Waals surface area contributed by atoms with Gasteiger partial charge in [0, 0.05) is 20.6 Å². The molecule has 1 N–H and O–H groups in total. The van der Waals surface area contributed by atoms with E-state index in [1.54, 1.807) is 19.1 Å². The van der Waals surface area contributed by atoms with Crippen LogP contribution in [-0.4, -0.2) is 17.4 Å². The lowest BCUT2D eigenvalue weighted by molar-refractivity contribution is -0.114. The van der Waals surface area contributed by atoms with Crippen LogP contribution in [0.15, 0.2) is 57.9 Å². The number of nitrogens with one attached hydrogen (secondary N) is 1. The van der Waals surface area contributed by atoms with Crippen LogP contribution in [0.25, 0.3) is 0 Å². The number of carbonyl (C=O) groups is 2. The standard InChI is InChI=1S/C16H14BrNO2S/c1-11(19)10-21-15-4-2-3-12(9-15)16(20)18-14-7-5-13(17)6-8-14/h2-9H,10H2,1H3,(H,18,20). The van der Waals surface area contributed by atoms with E-state index >= 15 is 0 Å². The summed E-state index contributed by atoms with van der Waals surface area (Å²) >= 11 is 4.78. The predicted molar refractivity (Wildman–Crippen MR) is 89.9 cm³/mol. The first kappa shape index (κ1) is 15.8. The minimum Gasteiger partial charge on any atom is -0.322 e. The average molecular weight is 364 g/mol. The summed E-state index contributed by atoms with van der Waals surface area (Å²) in [7, 11) is 0. The molecule has 0 heterocycles. The molecular formula is C16H14BrNO2S. The van der Waals surface area contributed by atoms with Gasteiger partial charge in [-0.1, -0.05) is 22.0 Å². The number of rotatable bonds is 5. The second-order valence-electron chi connectivity index (χ2n) is 4.48. The van der Waals surface area contributed by atoms with Crippen molar-refractivity contribution >= 4 is 45.1 Å². The van der Waals surface area contributed by atoms with Crippen LogP contribution in [0.4, 0.5) is 5.69 Å². The van der Waals surface area contributed by atoms with Crippen molar-refractivity contribution in [1.29, 1.82) is 0 Å². The van der Waals surface area contributed by atoms with E-state index in [-0.39, 0.29) is 11.7 Å². The van der Waals surface area contributed by atoms with Gasteiger partial charge in [-0.05, 0) is 49.4 Å². The molecule has 2 aromatic carbocycles. The van der Waals surface area contributed by atoms with Gasteiger partial charge in [-0.15, -0.1) is 11.8 Å². The molecule has 0 bridgehead atoms. The number of hydrogen-bond donors (Lipinski definition) is 1. The summed E-state index contributed by atoms with van der Waals surface area (Å²) in [5, 5.41) is 2.84. The monoisotopic (exact) mass is 363 g/mol. The molecule has 0 aliphatic rings. The first-order valence-corrected chi connectivity index (χ1v) is 8.11. The SMILES string of the molecule is CC(=O)CSc1cccc(C(=O)Nc2ccc(Br)cc2)c1. The lowest BCUT2D eigenvalue weighted by Gasteiger charge is -2.07. The third kappa shape index (κ3) is 5.02. The Labute approximate surface area is 136 Å². The maximum absolute atomic E-state index is 12.2. The molecule has 0 aliphatic carbocycles. The summed E-state index contributed by atoms with van der Waals surface area (Å²) in [4.78, 5) is 24.1. The van der Waals surface area contributed by atoms with Gasteiger partial charge in [0.2, 0.25) is 0 Å². The second kappa shape index (κ2) is 7.43. The summed E-state index contributed by atoms with van der Waals surface area (Å²) in [6.07, 6.45) is 0. The maximum atomic E-state index is 12.2. The highest BCUT2D eigenvalue weighted by atomic mass is 79.9. The molecule has 5 heteroatoms. The summed E-state index contributed by atoms with van der Waals surface area (Å²) in [6, 6.07) is 14.7. The Bertz CT molecular complexity index is 656. The highest BCUT2D eigenvalue weighted by molar-refractivity contribution is 9.10. The van der Waals surface area contributed by atoms with Gasteiger partial charge in [-0.25, -0.2) is 0 Å². The van der Waals surface area contributed by atoms with Crippen LogP contribution in [-0.2, 0) is 4.79 Å². The minimum atomic E-state index is -0.164. The van der Waals surface area contributed by atoms with Crippen LogP contribution in [0.3, 0.4) is 0 Å². The molecule has 3 nitrogen and oxygen atoms in total. The van der Waals surface area contributed by atoms with E-state index in [4.69, 9.17) is 0 Å². The van der Waals surface area contributed by atoms with Gasteiger partial charge < -0.3 is 5.32 Å². The minimum absolute atomic E-state index is 0.115. The average Bonchev–Trinajstić information content (AvgIpc) is 2.48. The van der Waals surface area contributed by atoms with Crippen molar-refractivity contribution in [1.82, 2.24) is 0 Å². The van der Waals surface area contributed by atoms with E-state index < -0.39 is 0 Å². The van der Waals surface area contributed by atoms with Crippen molar-refractivity contribution in [3.05, 3.63) is 58.6 Å². The summed E-state index contributed by atoms with van der Waals surface area (Å²) in [5.74, 6) is 0.366. The first-order chi connectivity index (χ1) is 10.0. The lowest BCUT2D eigenvalue weighted by Crippen LogP contribution is -2.11. The van der Waals surface area contributed by atoms with Gasteiger partial charge in [-0.3, -0.25) is 9.59 Å². The van der Waals surface area contributed by atoms with E-state index in [9.17, 15) is 9.59 Å². The second-order valence-corrected chi connectivity index (χ2v) is 6.44. The molecule has 2 aromatic rings. The Morgan fingerprint density at radius 2 is 1.86 bits per heavy atom. The van der Waals surface area contributed by atoms with Crippen LogP contribution in [0.5, 0.6) is 0 Å². The number of ketones is 1. The van der Waals surface area contributed by atoms with Crippen molar-refractivity contribution in [3.8, 4) is 0 Å². The molecule has 21 heavy (non-hydrogen) atoms. The highest BCUT2D eigenvalue weighted by Gasteiger charge is 2.07. The van der Waals surface area contributed by atoms with Crippen molar-refractivity contribution in [3.63, 3.8) is 0 Å². The van der Waals surface area contributed by atoms with E-state index in [2.05, 4.69) is 21.2 Å². The summed E-state index contributed by atoms with van der Waals surface area (Å²) in [6.45, 7) is 1.55. The zero-order valence-electron chi connectivity index (χ0n) is 11.4.